The summed E-state index contributed by atoms with van der Waals surface area (Å²) in [7, 11) is 3.62. The third-order valence-corrected chi connectivity index (χ3v) is 3.02. The molecule has 1 rings (SSSR count). The second kappa shape index (κ2) is 9.15. The van der Waals surface area contributed by atoms with Gasteiger partial charge in [0, 0.05) is 25.8 Å². The van der Waals surface area contributed by atoms with Gasteiger partial charge in [0.25, 0.3) is 0 Å². The van der Waals surface area contributed by atoms with E-state index in [-0.39, 0.29) is 0 Å². The van der Waals surface area contributed by atoms with Gasteiger partial charge in [0.15, 0.2) is 0 Å². The lowest BCUT2D eigenvalue weighted by Crippen LogP contribution is -2.23. The molecule has 0 heterocycles. The maximum absolute atomic E-state index is 10.7. The second-order valence-electron chi connectivity index (χ2n) is 4.67. The van der Waals surface area contributed by atoms with E-state index in [0.29, 0.717) is 19.8 Å². The van der Waals surface area contributed by atoms with Crippen molar-refractivity contribution in [3.63, 3.8) is 0 Å². The van der Waals surface area contributed by atoms with E-state index >= 15 is 0 Å². The number of aliphatic carboxylic acids is 1. The van der Waals surface area contributed by atoms with Crippen LogP contribution in [0.1, 0.15) is 18.1 Å². The number of rotatable bonds is 9. The SMILES string of the molecule is CCOCCN(C)Cc1cc(OC)ccc1/C=C/C(=O)O. The lowest BCUT2D eigenvalue weighted by molar-refractivity contribution is -0.131. The number of hydrogen-bond acceptors (Lipinski definition) is 4. The van der Waals surface area contributed by atoms with Crippen molar-refractivity contribution >= 4 is 12.0 Å². The molecule has 0 saturated heterocycles. The van der Waals surface area contributed by atoms with Crippen LogP contribution in [0.15, 0.2) is 24.3 Å². The molecule has 0 saturated carbocycles. The summed E-state index contributed by atoms with van der Waals surface area (Å²) in [6, 6.07) is 5.62. The predicted molar refractivity (Wildman–Crippen MR) is 82.5 cm³/mol. The average molecular weight is 293 g/mol. The normalized spacial score (nSPS) is 11.2. The van der Waals surface area contributed by atoms with Gasteiger partial charge in [-0.1, -0.05) is 6.07 Å². The highest BCUT2D eigenvalue weighted by Crippen LogP contribution is 2.20. The molecule has 5 heteroatoms. The van der Waals surface area contributed by atoms with Crippen LogP contribution in [0.3, 0.4) is 0 Å². The van der Waals surface area contributed by atoms with E-state index in [9.17, 15) is 4.79 Å². The fraction of sp³-hybridized carbons (Fsp3) is 0.438. The van der Waals surface area contributed by atoms with Crippen molar-refractivity contribution < 1.29 is 19.4 Å². The Kier molecular flexibility index (Phi) is 7.50. The van der Waals surface area contributed by atoms with Crippen LogP contribution >= 0.6 is 0 Å². The van der Waals surface area contributed by atoms with Crippen molar-refractivity contribution in [2.75, 3.05) is 33.9 Å². The molecule has 0 bridgehead atoms. The number of carboxylic acid groups (broad SMARTS) is 1. The van der Waals surface area contributed by atoms with Crippen molar-refractivity contribution in [3.8, 4) is 5.75 Å². The molecule has 0 aliphatic heterocycles. The molecule has 1 N–H and O–H groups in total. The lowest BCUT2D eigenvalue weighted by atomic mass is 10.1. The molecule has 1 aromatic carbocycles. The van der Waals surface area contributed by atoms with Crippen molar-refractivity contribution in [1.82, 2.24) is 4.90 Å². The molecule has 21 heavy (non-hydrogen) atoms. The Morgan fingerprint density at radius 2 is 2.19 bits per heavy atom. The Labute approximate surface area is 125 Å². The van der Waals surface area contributed by atoms with Gasteiger partial charge in [-0.15, -0.1) is 0 Å². The van der Waals surface area contributed by atoms with Crippen LogP contribution in [0.2, 0.25) is 0 Å². The van der Waals surface area contributed by atoms with Crippen LogP contribution in [-0.4, -0.2) is 49.9 Å². The van der Waals surface area contributed by atoms with Gasteiger partial charge >= 0.3 is 5.97 Å². The number of ether oxygens (including phenoxy) is 2. The highest BCUT2D eigenvalue weighted by molar-refractivity contribution is 5.85. The summed E-state index contributed by atoms with van der Waals surface area (Å²) in [4.78, 5) is 12.8. The first-order valence-electron chi connectivity index (χ1n) is 6.91. The fourth-order valence-corrected chi connectivity index (χ4v) is 1.90. The van der Waals surface area contributed by atoms with Crippen molar-refractivity contribution in [1.29, 1.82) is 0 Å². The Bertz CT molecular complexity index is 485. The van der Waals surface area contributed by atoms with E-state index in [1.807, 2.05) is 32.2 Å². The summed E-state index contributed by atoms with van der Waals surface area (Å²) >= 11 is 0. The fourth-order valence-electron chi connectivity index (χ4n) is 1.90. The summed E-state index contributed by atoms with van der Waals surface area (Å²) in [5, 5.41) is 8.75. The Morgan fingerprint density at radius 1 is 1.43 bits per heavy atom. The lowest BCUT2D eigenvalue weighted by Gasteiger charge is -2.18. The van der Waals surface area contributed by atoms with E-state index in [0.717, 1.165) is 29.5 Å². The first kappa shape index (κ1) is 17.2. The molecule has 0 amide bonds. The minimum absolute atomic E-state index is 0.678. The first-order valence-corrected chi connectivity index (χ1v) is 6.91. The van der Waals surface area contributed by atoms with Gasteiger partial charge in [0.05, 0.1) is 13.7 Å². The van der Waals surface area contributed by atoms with Gasteiger partial charge in [0.2, 0.25) is 0 Å². The van der Waals surface area contributed by atoms with E-state index in [2.05, 4.69) is 4.90 Å². The predicted octanol–water partition coefficient (Wildman–Crippen LogP) is 2.26. The monoisotopic (exact) mass is 293 g/mol. The third kappa shape index (κ3) is 6.42. The van der Waals surface area contributed by atoms with E-state index in [4.69, 9.17) is 14.6 Å². The number of methoxy groups -OCH3 is 1. The molecule has 0 unspecified atom stereocenters. The Hall–Kier alpha value is -1.85. The number of carboxylic acids is 1. The standard InChI is InChI=1S/C16H23NO4/c1-4-21-10-9-17(2)12-14-11-15(20-3)7-5-13(14)6-8-16(18)19/h5-8,11H,4,9-10,12H2,1-3H3,(H,18,19)/b8-6+. The summed E-state index contributed by atoms with van der Waals surface area (Å²) in [6.45, 7) is 4.87. The number of hydrogen-bond donors (Lipinski definition) is 1. The molecule has 5 nitrogen and oxygen atoms in total. The molecule has 116 valence electrons. The summed E-state index contributed by atoms with van der Waals surface area (Å²) in [5.74, 6) is -0.197. The zero-order chi connectivity index (χ0) is 15.7. The van der Waals surface area contributed by atoms with Gasteiger partial charge in [-0.3, -0.25) is 4.90 Å². The van der Waals surface area contributed by atoms with Crippen molar-refractivity contribution in [2.45, 2.75) is 13.5 Å². The molecular weight excluding hydrogens is 270 g/mol. The molecule has 0 spiro atoms. The van der Waals surface area contributed by atoms with Gasteiger partial charge in [-0.25, -0.2) is 4.79 Å². The Balaban J connectivity index is 2.83. The molecule has 0 atom stereocenters. The maximum Gasteiger partial charge on any atom is 0.328 e. The number of benzene rings is 1. The van der Waals surface area contributed by atoms with Crippen LogP contribution in [0.5, 0.6) is 5.75 Å². The minimum atomic E-state index is -0.957. The van der Waals surface area contributed by atoms with Crippen molar-refractivity contribution in [2.24, 2.45) is 0 Å². The average Bonchev–Trinajstić information content (AvgIpc) is 2.46. The molecule has 0 fully saturated rings. The molecule has 0 aliphatic rings. The minimum Gasteiger partial charge on any atom is -0.497 e. The topological polar surface area (TPSA) is 59.0 Å². The Morgan fingerprint density at radius 3 is 2.81 bits per heavy atom. The zero-order valence-corrected chi connectivity index (χ0v) is 12.8. The number of carbonyl (C=O) groups is 1. The van der Waals surface area contributed by atoms with Gasteiger partial charge in [-0.2, -0.15) is 0 Å². The largest absolute Gasteiger partial charge is 0.497 e. The van der Waals surface area contributed by atoms with Crippen LogP contribution < -0.4 is 4.74 Å². The number of nitrogens with zero attached hydrogens (tertiary/aromatic N) is 1. The van der Waals surface area contributed by atoms with Crippen LogP contribution in [0.25, 0.3) is 6.08 Å². The zero-order valence-electron chi connectivity index (χ0n) is 12.8. The third-order valence-electron chi connectivity index (χ3n) is 3.02. The molecular formula is C16H23NO4. The van der Waals surface area contributed by atoms with Crippen LogP contribution in [0, 0.1) is 0 Å². The first-order chi connectivity index (χ1) is 10.1. The van der Waals surface area contributed by atoms with E-state index < -0.39 is 5.97 Å². The number of likely N-dealkylation sites (N-methyl/N-ethyl adjacent to an activating group) is 1. The maximum atomic E-state index is 10.7. The highest BCUT2D eigenvalue weighted by Gasteiger charge is 2.06. The molecule has 1 aromatic rings. The van der Waals surface area contributed by atoms with Crippen LogP contribution in [0.4, 0.5) is 0 Å². The highest BCUT2D eigenvalue weighted by atomic mass is 16.5. The summed E-state index contributed by atoms with van der Waals surface area (Å²) in [5.41, 5.74) is 1.90. The summed E-state index contributed by atoms with van der Waals surface area (Å²) in [6.07, 6.45) is 2.75. The van der Waals surface area contributed by atoms with Gasteiger partial charge in [0.1, 0.15) is 5.75 Å². The molecule has 0 aromatic heterocycles. The molecule has 0 aliphatic carbocycles. The van der Waals surface area contributed by atoms with Gasteiger partial charge < -0.3 is 14.6 Å². The smallest absolute Gasteiger partial charge is 0.328 e. The summed E-state index contributed by atoms with van der Waals surface area (Å²) < 4.78 is 10.6. The van der Waals surface area contributed by atoms with Crippen LogP contribution in [-0.2, 0) is 16.1 Å². The van der Waals surface area contributed by atoms with E-state index in [1.165, 1.54) is 0 Å². The quantitative estimate of drug-likeness (QED) is 0.559. The van der Waals surface area contributed by atoms with E-state index in [1.54, 1.807) is 13.2 Å². The second-order valence-corrected chi connectivity index (χ2v) is 4.67. The molecule has 0 radical (unpaired) electrons. The van der Waals surface area contributed by atoms with Gasteiger partial charge in [-0.05, 0) is 43.3 Å². The van der Waals surface area contributed by atoms with Crippen molar-refractivity contribution in [3.05, 3.63) is 35.4 Å².